The van der Waals surface area contributed by atoms with Gasteiger partial charge in [0.2, 0.25) is 5.91 Å². The number of hydrogen-bond acceptors (Lipinski definition) is 3. The quantitative estimate of drug-likeness (QED) is 0.718. The topological polar surface area (TPSA) is 75.0 Å². The normalized spacial score (nSPS) is 23.6. The summed E-state index contributed by atoms with van der Waals surface area (Å²) in [6, 6.07) is 0.0194. The van der Waals surface area contributed by atoms with Crippen molar-refractivity contribution in [3.63, 3.8) is 0 Å². The van der Waals surface area contributed by atoms with Gasteiger partial charge in [0, 0.05) is 25.5 Å². The number of nitrogens with two attached hydrogens (primary N) is 1. The SMILES string of the molecule is CN(Cc1ncc[nH]1)C(=O)C1C=CC(N)C1. The van der Waals surface area contributed by atoms with Crippen molar-refractivity contribution in [2.45, 2.75) is 19.0 Å². The Labute approximate surface area is 94.3 Å². The molecule has 2 atom stereocenters. The van der Waals surface area contributed by atoms with Crippen LogP contribution in [0.3, 0.4) is 0 Å². The van der Waals surface area contributed by atoms with Crippen molar-refractivity contribution in [2.75, 3.05) is 7.05 Å². The number of carbonyl (C=O) groups is 1. The van der Waals surface area contributed by atoms with Crippen molar-refractivity contribution in [1.82, 2.24) is 14.9 Å². The van der Waals surface area contributed by atoms with Crippen LogP contribution in [-0.4, -0.2) is 33.9 Å². The number of nitrogens with zero attached hydrogens (tertiary/aromatic N) is 2. The number of aromatic amines is 1. The van der Waals surface area contributed by atoms with E-state index in [0.717, 1.165) is 5.82 Å². The Morgan fingerprint density at radius 3 is 3.06 bits per heavy atom. The minimum Gasteiger partial charge on any atom is -0.347 e. The van der Waals surface area contributed by atoms with Crippen molar-refractivity contribution in [1.29, 1.82) is 0 Å². The van der Waals surface area contributed by atoms with Crippen LogP contribution in [0.2, 0.25) is 0 Å². The van der Waals surface area contributed by atoms with Gasteiger partial charge in [0.15, 0.2) is 0 Å². The van der Waals surface area contributed by atoms with Crippen LogP contribution >= 0.6 is 0 Å². The molecular weight excluding hydrogens is 204 g/mol. The van der Waals surface area contributed by atoms with Gasteiger partial charge in [0.05, 0.1) is 12.5 Å². The van der Waals surface area contributed by atoms with E-state index in [1.165, 1.54) is 0 Å². The lowest BCUT2D eigenvalue weighted by Gasteiger charge is -2.19. The van der Waals surface area contributed by atoms with Crippen LogP contribution in [0, 0.1) is 5.92 Å². The molecule has 0 fully saturated rings. The molecule has 16 heavy (non-hydrogen) atoms. The Hall–Kier alpha value is -1.62. The fourth-order valence-electron chi connectivity index (χ4n) is 1.88. The molecule has 0 aromatic carbocycles. The molecule has 2 rings (SSSR count). The second kappa shape index (κ2) is 4.49. The third-order valence-corrected chi connectivity index (χ3v) is 2.75. The first-order chi connectivity index (χ1) is 7.66. The Morgan fingerprint density at radius 1 is 1.69 bits per heavy atom. The fourth-order valence-corrected chi connectivity index (χ4v) is 1.88. The predicted molar refractivity (Wildman–Crippen MR) is 60.3 cm³/mol. The summed E-state index contributed by atoms with van der Waals surface area (Å²) in [5.41, 5.74) is 5.72. The van der Waals surface area contributed by atoms with Crippen LogP contribution in [0.1, 0.15) is 12.2 Å². The van der Waals surface area contributed by atoms with E-state index in [9.17, 15) is 4.79 Å². The monoisotopic (exact) mass is 220 g/mol. The van der Waals surface area contributed by atoms with Crippen molar-refractivity contribution in [2.24, 2.45) is 11.7 Å². The first-order valence-corrected chi connectivity index (χ1v) is 5.34. The van der Waals surface area contributed by atoms with E-state index in [1.807, 2.05) is 12.2 Å². The van der Waals surface area contributed by atoms with E-state index in [-0.39, 0.29) is 17.9 Å². The van der Waals surface area contributed by atoms with Crippen molar-refractivity contribution < 1.29 is 4.79 Å². The number of rotatable bonds is 3. The zero-order chi connectivity index (χ0) is 11.5. The molecule has 0 saturated carbocycles. The molecule has 0 saturated heterocycles. The third kappa shape index (κ3) is 2.30. The molecule has 3 N–H and O–H groups in total. The van der Waals surface area contributed by atoms with Gasteiger partial charge in [0.1, 0.15) is 5.82 Å². The van der Waals surface area contributed by atoms with Crippen LogP contribution in [0.15, 0.2) is 24.5 Å². The lowest BCUT2D eigenvalue weighted by atomic mass is 10.1. The van der Waals surface area contributed by atoms with Crippen molar-refractivity contribution in [3.05, 3.63) is 30.4 Å². The number of nitrogens with one attached hydrogen (secondary N) is 1. The van der Waals surface area contributed by atoms with Crippen LogP contribution < -0.4 is 5.73 Å². The van der Waals surface area contributed by atoms with E-state index in [2.05, 4.69) is 9.97 Å². The van der Waals surface area contributed by atoms with E-state index < -0.39 is 0 Å². The minimum absolute atomic E-state index is 0.0194. The number of amides is 1. The minimum atomic E-state index is -0.0741. The van der Waals surface area contributed by atoms with E-state index in [4.69, 9.17) is 5.73 Å². The van der Waals surface area contributed by atoms with Crippen molar-refractivity contribution in [3.8, 4) is 0 Å². The number of carbonyl (C=O) groups excluding carboxylic acids is 1. The van der Waals surface area contributed by atoms with Crippen molar-refractivity contribution >= 4 is 5.91 Å². The molecule has 1 aliphatic rings. The summed E-state index contributed by atoms with van der Waals surface area (Å²) in [6.45, 7) is 0.505. The molecule has 86 valence electrons. The molecule has 5 heteroatoms. The standard InChI is InChI=1S/C11H16N4O/c1-15(7-10-13-4-5-14-10)11(16)8-2-3-9(12)6-8/h2-5,8-9H,6-7,12H2,1H3,(H,13,14). The highest BCUT2D eigenvalue weighted by atomic mass is 16.2. The second-order valence-corrected chi connectivity index (χ2v) is 4.12. The molecule has 0 bridgehead atoms. The number of aromatic nitrogens is 2. The van der Waals surface area contributed by atoms with Gasteiger partial charge < -0.3 is 15.6 Å². The average Bonchev–Trinajstić information content (AvgIpc) is 2.88. The van der Waals surface area contributed by atoms with E-state index in [1.54, 1.807) is 24.3 Å². The highest BCUT2D eigenvalue weighted by molar-refractivity contribution is 5.80. The number of H-pyrrole nitrogens is 1. The predicted octanol–water partition coefficient (Wildman–Crippen LogP) is 0.271. The molecule has 0 radical (unpaired) electrons. The highest BCUT2D eigenvalue weighted by Gasteiger charge is 2.25. The van der Waals surface area contributed by atoms with Gasteiger partial charge in [-0.1, -0.05) is 12.2 Å². The maximum Gasteiger partial charge on any atom is 0.229 e. The molecule has 5 nitrogen and oxygen atoms in total. The summed E-state index contributed by atoms with van der Waals surface area (Å²) in [4.78, 5) is 20.7. The molecule has 0 spiro atoms. The fraction of sp³-hybridized carbons (Fsp3) is 0.455. The molecule has 1 heterocycles. The van der Waals surface area contributed by atoms with Gasteiger partial charge in [-0.15, -0.1) is 0 Å². The summed E-state index contributed by atoms with van der Waals surface area (Å²) >= 11 is 0. The van der Waals surface area contributed by atoms with E-state index >= 15 is 0 Å². The zero-order valence-corrected chi connectivity index (χ0v) is 9.26. The Morgan fingerprint density at radius 2 is 2.50 bits per heavy atom. The van der Waals surface area contributed by atoms with Gasteiger partial charge in [0.25, 0.3) is 0 Å². The molecule has 1 aromatic rings. The Kier molecular flexibility index (Phi) is 3.05. The summed E-state index contributed by atoms with van der Waals surface area (Å²) < 4.78 is 0. The number of imidazole rings is 1. The van der Waals surface area contributed by atoms with E-state index in [0.29, 0.717) is 13.0 Å². The lowest BCUT2D eigenvalue weighted by Crippen LogP contribution is -2.32. The van der Waals surface area contributed by atoms with Gasteiger partial charge in [-0.2, -0.15) is 0 Å². The largest absolute Gasteiger partial charge is 0.347 e. The molecular formula is C11H16N4O. The van der Waals surface area contributed by atoms with Gasteiger partial charge >= 0.3 is 0 Å². The van der Waals surface area contributed by atoms with Crippen LogP contribution in [-0.2, 0) is 11.3 Å². The van der Waals surface area contributed by atoms with Gasteiger partial charge in [-0.25, -0.2) is 4.98 Å². The highest BCUT2D eigenvalue weighted by Crippen LogP contribution is 2.18. The maximum absolute atomic E-state index is 12.0. The second-order valence-electron chi connectivity index (χ2n) is 4.12. The Balaban J connectivity index is 1.92. The molecule has 2 unspecified atom stereocenters. The zero-order valence-electron chi connectivity index (χ0n) is 9.26. The summed E-state index contributed by atoms with van der Waals surface area (Å²) in [7, 11) is 1.78. The third-order valence-electron chi connectivity index (χ3n) is 2.75. The lowest BCUT2D eigenvalue weighted by molar-refractivity contribution is -0.133. The van der Waals surface area contributed by atoms with Gasteiger partial charge in [-0.3, -0.25) is 4.79 Å². The first kappa shape index (κ1) is 10.9. The molecule has 1 aromatic heterocycles. The first-order valence-electron chi connectivity index (χ1n) is 5.34. The number of hydrogen-bond donors (Lipinski definition) is 2. The maximum atomic E-state index is 12.0. The van der Waals surface area contributed by atoms with Crippen LogP contribution in [0.25, 0.3) is 0 Å². The molecule has 1 aliphatic carbocycles. The van der Waals surface area contributed by atoms with Crippen LogP contribution in [0.5, 0.6) is 0 Å². The van der Waals surface area contributed by atoms with Crippen LogP contribution in [0.4, 0.5) is 0 Å². The molecule has 0 aliphatic heterocycles. The molecule has 1 amide bonds. The summed E-state index contributed by atoms with van der Waals surface area (Å²) in [5, 5.41) is 0. The Bertz CT molecular complexity index is 385. The summed E-state index contributed by atoms with van der Waals surface area (Å²) in [5.74, 6) is 0.817. The average molecular weight is 220 g/mol. The smallest absolute Gasteiger partial charge is 0.229 e. The summed E-state index contributed by atoms with van der Waals surface area (Å²) in [6.07, 6.45) is 7.92. The van der Waals surface area contributed by atoms with Gasteiger partial charge in [-0.05, 0) is 6.42 Å².